The lowest BCUT2D eigenvalue weighted by Gasteiger charge is -2.28. The zero-order valence-corrected chi connectivity index (χ0v) is 12.3. The first kappa shape index (κ1) is 14.3. The molecule has 0 radical (unpaired) electrons. The molecule has 6 heteroatoms. The molecule has 1 aromatic heterocycles. The Morgan fingerprint density at radius 2 is 1.77 bits per heavy atom. The van der Waals surface area contributed by atoms with Gasteiger partial charge in [0.15, 0.2) is 5.82 Å². The fourth-order valence-corrected chi connectivity index (χ4v) is 2.55. The number of hydrogen-bond acceptors (Lipinski definition) is 4. The Hall–Kier alpha value is -2.63. The number of carbonyl (C=O) groups excluding carboxylic acids is 1. The van der Waals surface area contributed by atoms with E-state index in [4.69, 9.17) is 0 Å². The maximum Gasteiger partial charge on any atom is 0.324 e. The number of urea groups is 1. The Kier molecular flexibility index (Phi) is 4.48. The van der Waals surface area contributed by atoms with Gasteiger partial charge in [-0.25, -0.2) is 9.78 Å². The Balaban J connectivity index is 1.57. The van der Waals surface area contributed by atoms with E-state index in [1.807, 2.05) is 24.3 Å². The minimum Gasteiger partial charge on any atom is -0.372 e. The van der Waals surface area contributed by atoms with Gasteiger partial charge in [-0.05, 0) is 43.5 Å². The summed E-state index contributed by atoms with van der Waals surface area (Å²) in [4.78, 5) is 22.1. The lowest BCUT2D eigenvalue weighted by atomic mass is 10.1. The average molecular weight is 297 g/mol. The number of anilines is 3. The number of carbonyl (C=O) groups is 1. The Bertz CT molecular complexity index is 608. The molecule has 2 amide bonds. The van der Waals surface area contributed by atoms with Crippen molar-refractivity contribution in [2.45, 2.75) is 19.3 Å². The van der Waals surface area contributed by atoms with Crippen molar-refractivity contribution >= 4 is 23.2 Å². The Labute approximate surface area is 129 Å². The summed E-state index contributed by atoms with van der Waals surface area (Å²) in [5.74, 6) is 0.421. The topological polar surface area (TPSA) is 70.2 Å². The molecule has 0 aliphatic carbocycles. The average Bonchev–Trinajstić information content (AvgIpc) is 2.57. The second-order valence-corrected chi connectivity index (χ2v) is 5.26. The molecule has 0 unspecified atom stereocenters. The zero-order chi connectivity index (χ0) is 15.2. The van der Waals surface area contributed by atoms with E-state index in [1.165, 1.54) is 37.3 Å². The summed E-state index contributed by atoms with van der Waals surface area (Å²) >= 11 is 0. The second kappa shape index (κ2) is 6.89. The predicted molar refractivity (Wildman–Crippen MR) is 87.2 cm³/mol. The van der Waals surface area contributed by atoms with Crippen molar-refractivity contribution in [2.75, 3.05) is 28.6 Å². The highest BCUT2D eigenvalue weighted by Gasteiger charge is 2.11. The molecule has 2 heterocycles. The minimum atomic E-state index is -0.328. The highest BCUT2D eigenvalue weighted by molar-refractivity contribution is 5.99. The van der Waals surface area contributed by atoms with Gasteiger partial charge in [0, 0.05) is 36.9 Å². The molecule has 3 rings (SSSR count). The van der Waals surface area contributed by atoms with Crippen LogP contribution in [0.5, 0.6) is 0 Å². The first-order chi connectivity index (χ1) is 10.8. The van der Waals surface area contributed by atoms with Crippen molar-refractivity contribution in [2.24, 2.45) is 0 Å². The molecule has 1 fully saturated rings. The Morgan fingerprint density at radius 3 is 2.45 bits per heavy atom. The van der Waals surface area contributed by atoms with Crippen molar-refractivity contribution in [1.29, 1.82) is 0 Å². The summed E-state index contributed by atoms with van der Waals surface area (Å²) in [6.45, 7) is 2.22. The molecule has 2 N–H and O–H groups in total. The van der Waals surface area contributed by atoms with Gasteiger partial charge in [0.2, 0.25) is 0 Å². The summed E-state index contributed by atoms with van der Waals surface area (Å²) in [6, 6.07) is 7.60. The first-order valence-electron chi connectivity index (χ1n) is 7.50. The number of nitrogens with zero attached hydrogens (tertiary/aromatic N) is 3. The molecule has 0 bridgehead atoms. The maximum atomic E-state index is 11.9. The van der Waals surface area contributed by atoms with Gasteiger partial charge in [-0.15, -0.1) is 0 Å². The molecular formula is C16H19N5O. The summed E-state index contributed by atoms with van der Waals surface area (Å²) in [6.07, 6.45) is 8.41. The molecule has 1 saturated heterocycles. The summed E-state index contributed by atoms with van der Waals surface area (Å²) < 4.78 is 0. The van der Waals surface area contributed by atoms with Gasteiger partial charge in [0.05, 0.1) is 6.20 Å². The van der Waals surface area contributed by atoms with Crippen LogP contribution in [0.1, 0.15) is 19.3 Å². The fraction of sp³-hybridized carbons (Fsp3) is 0.312. The van der Waals surface area contributed by atoms with Crippen LogP contribution in [-0.4, -0.2) is 29.1 Å². The zero-order valence-electron chi connectivity index (χ0n) is 12.3. The quantitative estimate of drug-likeness (QED) is 0.913. The largest absolute Gasteiger partial charge is 0.372 e. The minimum absolute atomic E-state index is 0.328. The van der Waals surface area contributed by atoms with E-state index in [0.717, 1.165) is 18.8 Å². The van der Waals surface area contributed by atoms with Gasteiger partial charge < -0.3 is 10.2 Å². The molecule has 6 nitrogen and oxygen atoms in total. The number of amides is 2. The van der Waals surface area contributed by atoms with Crippen molar-refractivity contribution < 1.29 is 4.79 Å². The highest BCUT2D eigenvalue weighted by atomic mass is 16.2. The van der Waals surface area contributed by atoms with E-state index in [-0.39, 0.29) is 6.03 Å². The van der Waals surface area contributed by atoms with Crippen LogP contribution in [0.3, 0.4) is 0 Å². The summed E-state index contributed by atoms with van der Waals surface area (Å²) in [7, 11) is 0. The third-order valence-corrected chi connectivity index (χ3v) is 3.65. The molecule has 114 valence electrons. The number of piperidine rings is 1. The van der Waals surface area contributed by atoms with Gasteiger partial charge in [-0.1, -0.05) is 0 Å². The van der Waals surface area contributed by atoms with Crippen molar-refractivity contribution in [3.63, 3.8) is 0 Å². The molecule has 0 atom stereocenters. The lowest BCUT2D eigenvalue weighted by Crippen LogP contribution is -2.29. The highest BCUT2D eigenvalue weighted by Crippen LogP contribution is 2.21. The molecule has 0 saturated carbocycles. The SMILES string of the molecule is O=C(Nc1ccc(N2CCCCC2)cc1)Nc1cnccn1. The van der Waals surface area contributed by atoms with Gasteiger partial charge in [0.1, 0.15) is 0 Å². The van der Waals surface area contributed by atoms with E-state index < -0.39 is 0 Å². The van der Waals surface area contributed by atoms with Gasteiger partial charge >= 0.3 is 6.03 Å². The van der Waals surface area contributed by atoms with E-state index in [0.29, 0.717) is 5.82 Å². The Morgan fingerprint density at radius 1 is 1.00 bits per heavy atom. The molecule has 0 spiro atoms. The van der Waals surface area contributed by atoms with Gasteiger partial charge in [-0.2, -0.15) is 0 Å². The number of benzene rings is 1. The summed E-state index contributed by atoms with van der Waals surface area (Å²) in [5, 5.41) is 5.42. The monoisotopic (exact) mass is 297 g/mol. The number of rotatable bonds is 3. The predicted octanol–water partition coefficient (Wildman–Crippen LogP) is 3.11. The van der Waals surface area contributed by atoms with Crippen LogP contribution in [0.2, 0.25) is 0 Å². The molecule has 1 aliphatic heterocycles. The number of nitrogens with one attached hydrogen (secondary N) is 2. The van der Waals surface area contributed by atoms with Gasteiger partial charge in [-0.3, -0.25) is 10.3 Å². The second-order valence-electron chi connectivity index (χ2n) is 5.26. The normalized spacial score (nSPS) is 14.5. The van der Waals surface area contributed by atoms with Gasteiger partial charge in [0.25, 0.3) is 0 Å². The van der Waals surface area contributed by atoms with E-state index in [1.54, 1.807) is 6.20 Å². The van der Waals surface area contributed by atoms with Crippen LogP contribution in [0.25, 0.3) is 0 Å². The number of hydrogen-bond donors (Lipinski definition) is 2. The third-order valence-electron chi connectivity index (χ3n) is 3.65. The van der Waals surface area contributed by atoms with Crippen LogP contribution in [0.4, 0.5) is 22.0 Å². The van der Waals surface area contributed by atoms with E-state index in [2.05, 4.69) is 25.5 Å². The lowest BCUT2D eigenvalue weighted by molar-refractivity contribution is 0.262. The standard InChI is InChI=1S/C16H19N5O/c22-16(20-15-12-17-8-9-18-15)19-13-4-6-14(7-5-13)21-10-2-1-3-11-21/h4-9,12H,1-3,10-11H2,(H2,18,19,20,22). The molecule has 2 aromatic rings. The molecule has 1 aliphatic rings. The van der Waals surface area contributed by atoms with Crippen molar-refractivity contribution in [3.8, 4) is 0 Å². The van der Waals surface area contributed by atoms with E-state index >= 15 is 0 Å². The van der Waals surface area contributed by atoms with Crippen molar-refractivity contribution in [3.05, 3.63) is 42.9 Å². The smallest absolute Gasteiger partial charge is 0.324 e. The third kappa shape index (κ3) is 3.72. The molecule has 22 heavy (non-hydrogen) atoms. The van der Waals surface area contributed by atoms with Crippen LogP contribution in [0, 0.1) is 0 Å². The molecular weight excluding hydrogens is 278 g/mol. The van der Waals surface area contributed by atoms with Crippen molar-refractivity contribution in [1.82, 2.24) is 9.97 Å². The van der Waals surface area contributed by atoms with Crippen LogP contribution < -0.4 is 15.5 Å². The maximum absolute atomic E-state index is 11.9. The first-order valence-corrected chi connectivity index (χ1v) is 7.50. The summed E-state index contributed by atoms with van der Waals surface area (Å²) in [5.41, 5.74) is 1.96. The molecule has 1 aromatic carbocycles. The fourth-order valence-electron chi connectivity index (χ4n) is 2.55. The number of aromatic nitrogens is 2. The van der Waals surface area contributed by atoms with E-state index in [9.17, 15) is 4.79 Å². The van der Waals surface area contributed by atoms with Crippen LogP contribution in [0.15, 0.2) is 42.9 Å². The van der Waals surface area contributed by atoms with Crippen LogP contribution in [-0.2, 0) is 0 Å². The van der Waals surface area contributed by atoms with Crippen LogP contribution >= 0.6 is 0 Å².